The summed E-state index contributed by atoms with van der Waals surface area (Å²) >= 11 is 0. The molecule has 0 radical (unpaired) electrons. The summed E-state index contributed by atoms with van der Waals surface area (Å²) in [6.07, 6.45) is 0. The Morgan fingerprint density at radius 2 is 1.86 bits per heavy atom. The van der Waals surface area contributed by atoms with Crippen LogP contribution in [0.4, 0.5) is 11.4 Å². The highest BCUT2D eigenvalue weighted by Crippen LogP contribution is 2.34. The summed E-state index contributed by atoms with van der Waals surface area (Å²) < 4.78 is 4.98. The summed E-state index contributed by atoms with van der Waals surface area (Å²) in [5.74, 6) is -0.666. The van der Waals surface area contributed by atoms with E-state index in [4.69, 9.17) is 4.74 Å². The van der Waals surface area contributed by atoms with Crippen LogP contribution in [0.1, 0.15) is 28.4 Å². The number of phenols is 1. The van der Waals surface area contributed by atoms with Crippen LogP contribution < -0.4 is 0 Å². The molecule has 0 unspecified atom stereocenters. The zero-order chi connectivity index (χ0) is 16.1. The van der Waals surface area contributed by atoms with Crippen molar-refractivity contribution in [3.63, 3.8) is 0 Å². The van der Waals surface area contributed by atoms with Crippen LogP contribution in [0.2, 0.25) is 0 Å². The number of carbonyl (C=O) groups is 1. The highest BCUT2D eigenvalue weighted by Gasteiger charge is 2.20. The predicted molar refractivity (Wildman–Crippen MR) is 84.2 cm³/mol. The van der Waals surface area contributed by atoms with E-state index >= 15 is 0 Å². The molecule has 0 aromatic heterocycles. The molecule has 0 spiro atoms. The average molecular weight is 298 g/mol. The van der Waals surface area contributed by atoms with Crippen LogP contribution in [0, 0.1) is 13.8 Å². The zero-order valence-corrected chi connectivity index (χ0v) is 12.8. The Hall–Kier alpha value is -2.69. The number of aromatic hydroxyl groups is 1. The van der Waals surface area contributed by atoms with Crippen molar-refractivity contribution in [2.45, 2.75) is 20.8 Å². The van der Waals surface area contributed by atoms with Crippen molar-refractivity contribution in [2.24, 2.45) is 10.2 Å². The molecule has 0 saturated heterocycles. The number of phenolic OH excluding ortho intramolecular Hbond substituents is 1. The Kier molecular flexibility index (Phi) is 4.88. The number of carbonyl (C=O) groups excluding carboxylic acids is 1. The lowest BCUT2D eigenvalue weighted by molar-refractivity contribution is 0.0522. The van der Waals surface area contributed by atoms with Crippen molar-refractivity contribution in [2.75, 3.05) is 6.61 Å². The first-order valence-electron chi connectivity index (χ1n) is 7.01. The van der Waals surface area contributed by atoms with E-state index in [9.17, 15) is 9.90 Å². The molecule has 2 aromatic carbocycles. The molecule has 0 atom stereocenters. The fourth-order valence-electron chi connectivity index (χ4n) is 2.17. The van der Waals surface area contributed by atoms with Crippen molar-refractivity contribution in [1.29, 1.82) is 0 Å². The number of azo groups is 1. The Morgan fingerprint density at radius 3 is 2.50 bits per heavy atom. The van der Waals surface area contributed by atoms with E-state index in [1.165, 1.54) is 6.07 Å². The van der Waals surface area contributed by atoms with Crippen LogP contribution in [0.15, 0.2) is 46.6 Å². The van der Waals surface area contributed by atoms with Crippen LogP contribution in [0.3, 0.4) is 0 Å². The number of rotatable bonds is 4. The van der Waals surface area contributed by atoms with Gasteiger partial charge in [0.25, 0.3) is 0 Å². The molecular formula is C17H18N2O3. The van der Waals surface area contributed by atoms with E-state index in [1.807, 2.05) is 30.3 Å². The Labute approximate surface area is 129 Å². The number of aryl methyl sites for hydroxylation is 1. The number of hydrogen-bond acceptors (Lipinski definition) is 5. The minimum atomic E-state index is -0.561. The lowest BCUT2D eigenvalue weighted by Crippen LogP contribution is -2.07. The number of nitrogens with zero attached hydrogens (tertiary/aromatic N) is 2. The van der Waals surface area contributed by atoms with Gasteiger partial charge >= 0.3 is 5.97 Å². The number of esters is 1. The smallest absolute Gasteiger partial charge is 0.342 e. The topological polar surface area (TPSA) is 71.2 Å². The van der Waals surface area contributed by atoms with Crippen molar-refractivity contribution in [1.82, 2.24) is 0 Å². The van der Waals surface area contributed by atoms with Crippen molar-refractivity contribution >= 4 is 17.3 Å². The maximum Gasteiger partial charge on any atom is 0.342 e. The highest BCUT2D eigenvalue weighted by molar-refractivity contribution is 5.96. The average Bonchev–Trinajstić information content (AvgIpc) is 2.48. The molecule has 5 nitrogen and oxygen atoms in total. The maximum atomic E-state index is 12.0. The van der Waals surface area contributed by atoms with Gasteiger partial charge in [0.15, 0.2) is 0 Å². The van der Waals surface area contributed by atoms with E-state index in [0.717, 1.165) is 5.56 Å². The minimum absolute atomic E-state index is 0.105. The second kappa shape index (κ2) is 6.85. The van der Waals surface area contributed by atoms with Crippen LogP contribution in [-0.2, 0) is 4.74 Å². The molecule has 5 heteroatoms. The van der Waals surface area contributed by atoms with Crippen LogP contribution in [-0.4, -0.2) is 17.7 Å². The first kappa shape index (κ1) is 15.7. The van der Waals surface area contributed by atoms with Crippen molar-refractivity contribution < 1.29 is 14.6 Å². The molecule has 0 saturated carbocycles. The van der Waals surface area contributed by atoms with Gasteiger partial charge in [-0.25, -0.2) is 4.79 Å². The first-order chi connectivity index (χ1) is 10.5. The quantitative estimate of drug-likeness (QED) is 0.662. The summed E-state index contributed by atoms with van der Waals surface area (Å²) in [6.45, 7) is 5.49. The van der Waals surface area contributed by atoms with Gasteiger partial charge in [0.1, 0.15) is 11.3 Å². The van der Waals surface area contributed by atoms with Gasteiger partial charge in [-0.05, 0) is 50.1 Å². The maximum absolute atomic E-state index is 12.0. The van der Waals surface area contributed by atoms with Crippen molar-refractivity contribution in [3.8, 4) is 5.75 Å². The molecule has 2 rings (SSSR count). The fraction of sp³-hybridized carbons (Fsp3) is 0.235. The predicted octanol–water partition coefficient (Wildman–Crippen LogP) is 4.60. The SMILES string of the molecule is CCOC(=O)c1c(O)cc(C)c(N=Nc2ccccc2)c1C. The van der Waals surface area contributed by atoms with Gasteiger partial charge in [-0.2, -0.15) is 5.11 Å². The normalized spacial score (nSPS) is 10.9. The van der Waals surface area contributed by atoms with Crippen LogP contribution >= 0.6 is 0 Å². The fourth-order valence-corrected chi connectivity index (χ4v) is 2.17. The van der Waals surface area contributed by atoms with Gasteiger partial charge in [0.05, 0.1) is 18.0 Å². The molecule has 114 valence electrons. The number of hydrogen-bond donors (Lipinski definition) is 1. The molecule has 0 heterocycles. The van der Waals surface area contributed by atoms with E-state index < -0.39 is 5.97 Å². The molecule has 0 aliphatic heterocycles. The third-order valence-electron chi connectivity index (χ3n) is 3.21. The van der Waals surface area contributed by atoms with Crippen molar-refractivity contribution in [3.05, 3.63) is 53.1 Å². The molecule has 0 aliphatic carbocycles. The molecule has 0 aliphatic rings. The Bertz CT molecular complexity index is 710. The van der Waals surface area contributed by atoms with Gasteiger partial charge in [-0.1, -0.05) is 18.2 Å². The molecule has 0 bridgehead atoms. The number of ether oxygens (including phenoxy) is 1. The second-order valence-electron chi connectivity index (χ2n) is 4.82. The Morgan fingerprint density at radius 1 is 1.18 bits per heavy atom. The monoisotopic (exact) mass is 298 g/mol. The molecular weight excluding hydrogens is 280 g/mol. The van der Waals surface area contributed by atoms with Gasteiger partial charge in [0.2, 0.25) is 0 Å². The van der Waals surface area contributed by atoms with E-state index in [-0.39, 0.29) is 17.9 Å². The molecule has 0 amide bonds. The molecule has 0 fully saturated rings. The van der Waals surface area contributed by atoms with Gasteiger partial charge in [-0.15, -0.1) is 5.11 Å². The standard InChI is InChI=1S/C17H18N2O3/c1-4-22-17(21)15-12(3)16(11(2)10-14(15)20)19-18-13-8-6-5-7-9-13/h5-10,20H,4H2,1-3H3. The highest BCUT2D eigenvalue weighted by atomic mass is 16.5. The summed E-state index contributed by atoms with van der Waals surface area (Å²) in [4.78, 5) is 12.0. The molecule has 22 heavy (non-hydrogen) atoms. The van der Waals surface area contributed by atoms with Crippen LogP contribution in [0.25, 0.3) is 0 Å². The van der Waals surface area contributed by atoms with E-state index in [0.29, 0.717) is 16.9 Å². The van der Waals surface area contributed by atoms with Gasteiger partial charge < -0.3 is 9.84 Å². The summed E-state index contributed by atoms with van der Waals surface area (Å²) in [5, 5.41) is 18.4. The van der Waals surface area contributed by atoms with E-state index in [1.54, 1.807) is 20.8 Å². The third-order valence-corrected chi connectivity index (χ3v) is 3.21. The minimum Gasteiger partial charge on any atom is -0.507 e. The Balaban J connectivity index is 2.46. The first-order valence-corrected chi connectivity index (χ1v) is 7.01. The van der Waals surface area contributed by atoms with Gasteiger partial charge in [-0.3, -0.25) is 0 Å². The lowest BCUT2D eigenvalue weighted by atomic mass is 10.0. The summed E-state index contributed by atoms with van der Waals surface area (Å²) in [7, 11) is 0. The third kappa shape index (κ3) is 3.31. The second-order valence-corrected chi connectivity index (χ2v) is 4.82. The number of benzene rings is 2. The van der Waals surface area contributed by atoms with Crippen LogP contribution in [0.5, 0.6) is 5.75 Å². The zero-order valence-electron chi connectivity index (χ0n) is 12.8. The molecule has 1 N–H and O–H groups in total. The largest absolute Gasteiger partial charge is 0.507 e. The lowest BCUT2D eigenvalue weighted by Gasteiger charge is -2.11. The van der Waals surface area contributed by atoms with E-state index in [2.05, 4.69) is 10.2 Å². The van der Waals surface area contributed by atoms with Gasteiger partial charge in [0, 0.05) is 0 Å². The molecule has 2 aromatic rings. The summed E-state index contributed by atoms with van der Waals surface area (Å²) in [6, 6.07) is 10.8. The summed E-state index contributed by atoms with van der Waals surface area (Å²) in [5.41, 5.74) is 2.70.